The molecule has 1 rings (SSSR count). The minimum atomic E-state index is -1.33. The van der Waals surface area contributed by atoms with Crippen molar-refractivity contribution in [3.8, 4) is 5.75 Å². The Hall–Kier alpha value is -1.52. The maximum absolute atomic E-state index is 13.2. The lowest BCUT2D eigenvalue weighted by Crippen LogP contribution is -2.06. The highest BCUT2D eigenvalue weighted by atomic mass is 19.2. The number of hydrogen-bond donors (Lipinski definition) is 0. The molecule has 0 aliphatic heterocycles. The van der Waals surface area contributed by atoms with Crippen LogP contribution in [0.4, 0.5) is 13.2 Å². The summed E-state index contributed by atoms with van der Waals surface area (Å²) in [5.41, 5.74) is -0.387. The predicted octanol–water partition coefficient (Wildman–Crippen LogP) is 2.24. The molecule has 0 heterocycles. The van der Waals surface area contributed by atoms with Crippen molar-refractivity contribution in [3.63, 3.8) is 0 Å². The van der Waals surface area contributed by atoms with Crippen LogP contribution in [0.15, 0.2) is 6.07 Å². The van der Waals surface area contributed by atoms with Crippen molar-refractivity contribution in [1.82, 2.24) is 0 Å². The van der Waals surface area contributed by atoms with Crippen molar-refractivity contribution < 1.29 is 22.7 Å². The number of carbonyl (C=O) groups is 1. The molecular weight excluding hydrogens is 209 g/mol. The molecule has 0 unspecified atom stereocenters. The van der Waals surface area contributed by atoms with Gasteiger partial charge >= 0.3 is 0 Å². The van der Waals surface area contributed by atoms with Gasteiger partial charge in [-0.15, -0.1) is 0 Å². The Morgan fingerprint density at radius 3 is 2.40 bits per heavy atom. The van der Waals surface area contributed by atoms with Gasteiger partial charge in [0, 0.05) is 18.1 Å². The van der Waals surface area contributed by atoms with Crippen LogP contribution in [-0.2, 0) is 11.2 Å². The van der Waals surface area contributed by atoms with Crippen LogP contribution in [0.5, 0.6) is 5.75 Å². The zero-order valence-corrected chi connectivity index (χ0v) is 8.23. The van der Waals surface area contributed by atoms with E-state index in [2.05, 4.69) is 4.74 Å². The summed E-state index contributed by atoms with van der Waals surface area (Å²) in [6, 6.07) is 0.387. The van der Waals surface area contributed by atoms with Crippen molar-refractivity contribution in [2.24, 2.45) is 0 Å². The molecule has 0 bridgehead atoms. The van der Waals surface area contributed by atoms with Gasteiger partial charge in [-0.2, -0.15) is 0 Å². The summed E-state index contributed by atoms with van der Waals surface area (Å²) in [6.07, 6.45) is -0.399. The molecule has 0 atom stereocenters. The Balaban J connectivity index is 3.36. The Bertz CT molecular complexity index is 402. The smallest absolute Gasteiger partial charge is 0.168 e. The highest BCUT2D eigenvalue weighted by Gasteiger charge is 2.20. The molecule has 15 heavy (non-hydrogen) atoms. The quantitative estimate of drug-likeness (QED) is 0.727. The van der Waals surface area contributed by atoms with Gasteiger partial charge in [0.2, 0.25) is 0 Å². The second-order valence-corrected chi connectivity index (χ2v) is 3.04. The fourth-order valence-electron chi connectivity index (χ4n) is 1.26. The second-order valence-electron chi connectivity index (χ2n) is 3.04. The molecule has 0 spiro atoms. The van der Waals surface area contributed by atoms with Crippen LogP contribution in [0.25, 0.3) is 0 Å². The first-order chi connectivity index (χ1) is 6.97. The molecule has 0 radical (unpaired) electrons. The number of halogens is 3. The van der Waals surface area contributed by atoms with Crippen molar-refractivity contribution in [2.45, 2.75) is 13.3 Å². The summed E-state index contributed by atoms with van der Waals surface area (Å²) in [6.45, 7) is 1.20. The van der Waals surface area contributed by atoms with Gasteiger partial charge in [0.05, 0.1) is 7.11 Å². The Morgan fingerprint density at radius 1 is 1.33 bits per heavy atom. The number of hydrogen-bond acceptors (Lipinski definition) is 2. The Labute approximate surface area is 84.7 Å². The number of methoxy groups -OCH3 is 1. The van der Waals surface area contributed by atoms with Crippen molar-refractivity contribution in [1.29, 1.82) is 0 Å². The molecule has 0 N–H and O–H groups in total. The SMILES string of the molecule is COc1c(F)cc(F)c(F)c1CC(C)=O. The summed E-state index contributed by atoms with van der Waals surface area (Å²) in [7, 11) is 1.12. The highest BCUT2D eigenvalue weighted by molar-refractivity contribution is 5.79. The molecule has 0 aliphatic carbocycles. The third-order valence-corrected chi connectivity index (χ3v) is 1.85. The van der Waals surface area contributed by atoms with Crippen LogP contribution in [0.3, 0.4) is 0 Å². The maximum Gasteiger partial charge on any atom is 0.168 e. The van der Waals surface area contributed by atoms with E-state index in [4.69, 9.17) is 0 Å². The van der Waals surface area contributed by atoms with Crippen LogP contribution in [0.2, 0.25) is 0 Å². The molecule has 0 saturated carbocycles. The van der Waals surface area contributed by atoms with Gasteiger partial charge in [-0.05, 0) is 6.92 Å². The van der Waals surface area contributed by atoms with E-state index in [0.717, 1.165) is 7.11 Å². The van der Waals surface area contributed by atoms with E-state index < -0.39 is 35.4 Å². The van der Waals surface area contributed by atoms with Gasteiger partial charge < -0.3 is 4.74 Å². The molecule has 2 nitrogen and oxygen atoms in total. The summed E-state index contributed by atoms with van der Waals surface area (Å²) < 4.78 is 43.7. The Kier molecular flexibility index (Phi) is 3.34. The molecule has 82 valence electrons. The molecule has 0 fully saturated rings. The average Bonchev–Trinajstić information content (AvgIpc) is 2.13. The van der Waals surface area contributed by atoms with Gasteiger partial charge in [0.25, 0.3) is 0 Å². The third-order valence-electron chi connectivity index (χ3n) is 1.85. The zero-order chi connectivity index (χ0) is 11.6. The number of carbonyl (C=O) groups excluding carboxylic acids is 1. The van der Waals surface area contributed by atoms with E-state index in [1.54, 1.807) is 0 Å². The molecule has 1 aromatic carbocycles. The fraction of sp³-hybridized carbons (Fsp3) is 0.300. The van der Waals surface area contributed by atoms with Crippen molar-refractivity contribution in [2.75, 3.05) is 7.11 Å². The van der Waals surface area contributed by atoms with E-state index in [-0.39, 0.29) is 5.56 Å². The zero-order valence-electron chi connectivity index (χ0n) is 8.23. The summed E-state index contributed by atoms with van der Waals surface area (Å²) in [4.78, 5) is 10.8. The van der Waals surface area contributed by atoms with E-state index in [1.165, 1.54) is 6.92 Å². The first-order valence-electron chi connectivity index (χ1n) is 4.17. The topological polar surface area (TPSA) is 26.3 Å². The van der Waals surface area contributed by atoms with E-state index >= 15 is 0 Å². The molecule has 0 aliphatic rings. The summed E-state index contributed by atoms with van der Waals surface area (Å²) in [5, 5.41) is 0. The first kappa shape index (κ1) is 11.6. The minimum Gasteiger partial charge on any atom is -0.493 e. The van der Waals surface area contributed by atoms with Gasteiger partial charge in [0.15, 0.2) is 23.2 Å². The van der Waals surface area contributed by atoms with Gasteiger partial charge in [-0.1, -0.05) is 0 Å². The van der Waals surface area contributed by atoms with Crippen LogP contribution < -0.4 is 4.74 Å². The number of ketones is 1. The largest absolute Gasteiger partial charge is 0.493 e. The number of rotatable bonds is 3. The van der Waals surface area contributed by atoms with Crippen LogP contribution in [-0.4, -0.2) is 12.9 Å². The van der Waals surface area contributed by atoms with Gasteiger partial charge in [-0.25, -0.2) is 13.2 Å². The maximum atomic E-state index is 13.2. The number of ether oxygens (including phenoxy) is 1. The molecule has 0 amide bonds. The van der Waals surface area contributed by atoms with Crippen molar-refractivity contribution >= 4 is 5.78 Å². The fourth-order valence-corrected chi connectivity index (χ4v) is 1.26. The lowest BCUT2D eigenvalue weighted by Gasteiger charge is -2.09. The predicted molar refractivity (Wildman–Crippen MR) is 47.3 cm³/mol. The molecule has 5 heteroatoms. The monoisotopic (exact) mass is 218 g/mol. The van der Waals surface area contributed by atoms with Crippen LogP contribution >= 0.6 is 0 Å². The Morgan fingerprint density at radius 2 is 1.93 bits per heavy atom. The molecule has 1 aromatic rings. The second kappa shape index (κ2) is 4.33. The van der Waals surface area contributed by atoms with Gasteiger partial charge in [0.1, 0.15) is 5.78 Å². The van der Waals surface area contributed by atoms with Crippen molar-refractivity contribution in [3.05, 3.63) is 29.1 Å². The van der Waals surface area contributed by atoms with Gasteiger partial charge in [-0.3, -0.25) is 4.79 Å². The van der Waals surface area contributed by atoms with Crippen LogP contribution in [0.1, 0.15) is 12.5 Å². The molecular formula is C10H9F3O2. The first-order valence-corrected chi connectivity index (χ1v) is 4.17. The third kappa shape index (κ3) is 2.29. The molecule has 0 saturated heterocycles. The standard InChI is InChI=1S/C10H9F3O2/c1-5(14)3-6-9(13)7(11)4-8(12)10(6)15-2/h4H,3H2,1-2H3. The number of Topliss-reactive ketones (excluding diaryl/α,β-unsaturated/α-hetero) is 1. The average molecular weight is 218 g/mol. The lowest BCUT2D eigenvalue weighted by molar-refractivity contribution is -0.116. The summed E-state index contributed by atoms with van der Waals surface area (Å²) in [5.74, 6) is -4.43. The van der Waals surface area contributed by atoms with E-state index in [9.17, 15) is 18.0 Å². The summed E-state index contributed by atoms with van der Waals surface area (Å²) >= 11 is 0. The molecule has 0 aromatic heterocycles. The van der Waals surface area contributed by atoms with E-state index in [1.807, 2.05) is 0 Å². The lowest BCUT2D eigenvalue weighted by atomic mass is 10.1. The number of benzene rings is 1. The normalized spacial score (nSPS) is 10.2. The minimum absolute atomic E-state index is 0.387. The van der Waals surface area contributed by atoms with Crippen LogP contribution in [0, 0.1) is 17.5 Å². The van der Waals surface area contributed by atoms with E-state index in [0.29, 0.717) is 6.07 Å². The highest BCUT2D eigenvalue weighted by Crippen LogP contribution is 2.27.